The summed E-state index contributed by atoms with van der Waals surface area (Å²) < 4.78 is 7.16. The molecule has 28 heavy (non-hydrogen) atoms. The van der Waals surface area contributed by atoms with E-state index >= 15 is 0 Å². The van der Waals surface area contributed by atoms with Crippen molar-refractivity contribution in [1.82, 2.24) is 9.88 Å². The smallest absolute Gasteiger partial charge is 0.253 e. The van der Waals surface area contributed by atoms with Crippen LogP contribution >= 0.6 is 0 Å². The van der Waals surface area contributed by atoms with Crippen molar-refractivity contribution in [3.05, 3.63) is 100 Å². The Hall–Kier alpha value is -3.34. The average molecular weight is 374 g/mol. The molecule has 0 unspecified atom stereocenters. The monoisotopic (exact) mass is 374 g/mol. The summed E-state index contributed by atoms with van der Waals surface area (Å²) in [5, 5.41) is 3.06. The van der Waals surface area contributed by atoms with E-state index < -0.39 is 0 Å². The van der Waals surface area contributed by atoms with Crippen LogP contribution in [0.25, 0.3) is 0 Å². The topological polar surface area (TPSA) is 60.3 Å². The molecule has 0 bridgehead atoms. The molecular weight excluding hydrogens is 352 g/mol. The van der Waals surface area contributed by atoms with E-state index in [2.05, 4.69) is 17.4 Å². The number of para-hydroxylation sites is 1. The number of nitrogens with one attached hydrogen (secondary N) is 1. The highest BCUT2D eigenvalue weighted by atomic mass is 16.5. The number of benzene rings is 2. The van der Waals surface area contributed by atoms with Gasteiger partial charge in [-0.2, -0.15) is 0 Å². The molecule has 4 rings (SSSR count). The van der Waals surface area contributed by atoms with Crippen molar-refractivity contribution in [3.8, 4) is 5.75 Å². The van der Waals surface area contributed by atoms with Gasteiger partial charge in [0.1, 0.15) is 12.4 Å². The van der Waals surface area contributed by atoms with Crippen LogP contribution in [0.2, 0.25) is 0 Å². The van der Waals surface area contributed by atoms with Gasteiger partial charge in [0.05, 0.1) is 12.1 Å². The van der Waals surface area contributed by atoms with Gasteiger partial charge in [-0.1, -0.05) is 48.5 Å². The maximum Gasteiger partial charge on any atom is 0.253 e. The lowest BCUT2D eigenvalue weighted by Crippen LogP contribution is -2.29. The molecule has 0 spiro atoms. The Morgan fingerprint density at radius 3 is 2.46 bits per heavy atom. The van der Waals surface area contributed by atoms with Gasteiger partial charge in [0.2, 0.25) is 0 Å². The summed E-state index contributed by atoms with van der Waals surface area (Å²) in [6.45, 7) is 0.735. The van der Waals surface area contributed by atoms with Gasteiger partial charge in [0, 0.05) is 24.2 Å². The third-order valence-corrected chi connectivity index (χ3v) is 4.92. The first-order valence-corrected chi connectivity index (χ1v) is 9.45. The first-order chi connectivity index (χ1) is 13.7. The van der Waals surface area contributed by atoms with E-state index in [0.29, 0.717) is 24.6 Å². The van der Waals surface area contributed by atoms with Gasteiger partial charge in [0.25, 0.3) is 11.5 Å². The van der Waals surface area contributed by atoms with E-state index in [0.717, 1.165) is 12.2 Å². The number of nitrogens with zero attached hydrogens (tertiary/aromatic N) is 1. The first-order valence-electron chi connectivity index (χ1n) is 9.45. The van der Waals surface area contributed by atoms with Crippen molar-refractivity contribution in [2.24, 2.45) is 0 Å². The Kier molecular flexibility index (Phi) is 5.24. The van der Waals surface area contributed by atoms with Crippen LogP contribution < -0.4 is 15.6 Å². The molecule has 0 saturated heterocycles. The molecule has 1 aromatic heterocycles. The Labute approximate surface area is 163 Å². The normalized spacial score (nSPS) is 17.7. The molecule has 1 N–H and O–H groups in total. The van der Waals surface area contributed by atoms with Crippen molar-refractivity contribution in [3.63, 3.8) is 0 Å². The summed E-state index contributed by atoms with van der Waals surface area (Å²) >= 11 is 0. The van der Waals surface area contributed by atoms with Gasteiger partial charge in [-0.3, -0.25) is 9.59 Å². The molecule has 5 heteroatoms. The zero-order valence-corrected chi connectivity index (χ0v) is 15.5. The van der Waals surface area contributed by atoms with E-state index in [1.165, 1.54) is 16.2 Å². The van der Waals surface area contributed by atoms with Crippen LogP contribution in [0.5, 0.6) is 5.75 Å². The SMILES string of the molecule is O=C(N[C@@H]1C[C@H]1c1ccccc1)c1ccc(=O)n(CCOc2ccccc2)c1. The van der Waals surface area contributed by atoms with E-state index in [1.807, 2.05) is 48.5 Å². The summed E-state index contributed by atoms with van der Waals surface area (Å²) in [5.74, 6) is 0.974. The number of pyridine rings is 1. The van der Waals surface area contributed by atoms with Crippen molar-refractivity contribution in [2.45, 2.75) is 24.9 Å². The number of carbonyl (C=O) groups excluding carboxylic acids is 1. The number of amides is 1. The largest absolute Gasteiger partial charge is 0.492 e. The highest BCUT2D eigenvalue weighted by Crippen LogP contribution is 2.40. The average Bonchev–Trinajstić information content (AvgIpc) is 3.50. The highest BCUT2D eigenvalue weighted by molar-refractivity contribution is 5.94. The van der Waals surface area contributed by atoms with Crippen LogP contribution in [0, 0.1) is 0 Å². The molecule has 1 aliphatic carbocycles. The fourth-order valence-electron chi connectivity index (χ4n) is 3.29. The number of aromatic nitrogens is 1. The van der Waals surface area contributed by atoms with Crippen LogP contribution in [0.1, 0.15) is 28.3 Å². The van der Waals surface area contributed by atoms with Gasteiger partial charge in [-0.25, -0.2) is 0 Å². The molecule has 1 aliphatic rings. The van der Waals surface area contributed by atoms with Crippen molar-refractivity contribution < 1.29 is 9.53 Å². The molecule has 142 valence electrons. The van der Waals surface area contributed by atoms with Crippen LogP contribution in [-0.2, 0) is 6.54 Å². The highest BCUT2D eigenvalue weighted by Gasteiger charge is 2.39. The zero-order valence-electron chi connectivity index (χ0n) is 15.5. The van der Waals surface area contributed by atoms with E-state index in [4.69, 9.17) is 4.74 Å². The van der Waals surface area contributed by atoms with Gasteiger partial charge >= 0.3 is 0 Å². The second kappa shape index (κ2) is 8.13. The molecular formula is C23H22N2O3. The Bertz CT molecular complexity index is 999. The Morgan fingerprint density at radius 1 is 1.00 bits per heavy atom. The predicted molar refractivity (Wildman–Crippen MR) is 108 cm³/mol. The molecule has 0 radical (unpaired) electrons. The lowest BCUT2D eigenvalue weighted by atomic mass is 10.1. The van der Waals surface area contributed by atoms with Crippen molar-refractivity contribution in [2.75, 3.05) is 6.61 Å². The fourth-order valence-corrected chi connectivity index (χ4v) is 3.29. The Morgan fingerprint density at radius 2 is 1.71 bits per heavy atom. The number of ether oxygens (including phenoxy) is 1. The first kappa shape index (κ1) is 18.0. The van der Waals surface area contributed by atoms with Crippen LogP contribution in [0.4, 0.5) is 0 Å². The van der Waals surface area contributed by atoms with E-state index in [-0.39, 0.29) is 17.5 Å². The van der Waals surface area contributed by atoms with Gasteiger partial charge in [-0.05, 0) is 30.2 Å². The molecule has 1 saturated carbocycles. The number of hydrogen-bond acceptors (Lipinski definition) is 3. The lowest BCUT2D eigenvalue weighted by molar-refractivity contribution is 0.0949. The second-order valence-electron chi connectivity index (χ2n) is 6.94. The maximum absolute atomic E-state index is 12.6. The Balaban J connectivity index is 1.35. The van der Waals surface area contributed by atoms with Crippen LogP contribution in [-0.4, -0.2) is 23.1 Å². The van der Waals surface area contributed by atoms with Gasteiger partial charge < -0.3 is 14.6 Å². The molecule has 2 atom stereocenters. The predicted octanol–water partition coefficient (Wildman–Crippen LogP) is 3.21. The summed E-state index contributed by atoms with van der Waals surface area (Å²) in [4.78, 5) is 24.7. The quantitative estimate of drug-likeness (QED) is 0.691. The molecule has 3 aromatic rings. The molecule has 1 amide bonds. The van der Waals surface area contributed by atoms with Crippen molar-refractivity contribution >= 4 is 5.91 Å². The minimum Gasteiger partial charge on any atom is -0.492 e. The standard InChI is InChI=1S/C23H22N2O3/c26-22-12-11-18(16-25(22)13-14-28-19-9-5-2-6-10-19)23(27)24-21-15-20(21)17-7-3-1-4-8-17/h1-12,16,20-21H,13-15H2,(H,24,27)/t20-,21+/m0/s1. The fraction of sp³-hybridized carbons (Fsp3) is 0.217. The summed E-state index contributed by atoms with van der Waals surface area (Å²) in [6.07, 6.45) is 2.55. The number of carbonyl (C=O) groups is 1. The lowest BCUT2D eigenvalue weighted by Gasteiger charge is -2.10. The summed E-state index contributed by atoms with van der Waals surface area (Å²) in [5.41, 5.74) is 1.58. The summed E-state index contributed by atoms with van der Waals surface area (Å²) in [7, 11) is 0. The van der Waals surface area contributed by atoms with E-state index in [1.54, 1.807) is 12.3 Å². The third-order valence-electron chi connectivity index (χ3n) is 4.92. The van der Waals surface area contributed by atoms with Crippen LogP contribution in [0.3, 0.4) is 0 Å². The molecule has 1 fully saturated rings. The van der Waals surface area contributed by atoms with Crippen molar-refractivity contribution in [1.29, 1.82) is 0 Å². The summed E-state index contributed by atoms with van der Waals surface area (Å²) in [6, 6.07) is 22.8. The van der Waals surface area contributed by atoms with E-state index in [9.17, 15) is 9.59 Å². The second-order valence-corrected chi connectivity index (χ2v) is 6.94. The molecule has 2 aromatic carbocycles. The zero-order chi connectivity index (χ0) is 19.3. The number of hydrogen-bond donors (Lipinski definition) is 1. The molecule has 0 aliphatic heterocycles. The minimum atomic E-state index is -0.152. The maximum atomic E-state index is 12.6. The van der Waals surface area contributed by atoms with Crippen LogP contribution in [0.15, 0.2) is 83.8 Å². The molecule has 5 nitrogen and oxygen atoms in total. The molecule has 1 heterocycles. The number of rotatable bonds is 7. The third kappa shape index (κ3) is 4.31. The van der Waals surface area contributed by atoms with Gasteiger partial charge in [0.15, 0.2) is 0 Å². The minimum absolute atomic E-state index is 0.150. The van der Waals surface area contributed by atoms with Gasteiger partial charge in [-0.15, -0.1) is 0 Å².